The summed E-state index contributed by atoms with van der Waals surface area (Å²) in [7, 11) is 2.13. The van der Waals surface area contributed by atoms with E-state index in [1.165, 1.54) is 43.4 Å². The van der Waals surface area contributed by atoms with Crippen molar-refractivity contribution in [1.82, 2.24) is 10.2 Å². The standard InChI is InChI=1S/C17H28N2S/c1-12(9-17-8-7-13(2)20-17)19-15-5-4-6-16(19)11-14(10-15)18-3/h7-8,12,14-16,18H,4-6,9-11H2,1-3H3. The van der Waals surface area contributed by atoms with Crippen molar-refractivity contribution in [2.24, 2.45) is 0 Å². The maximum absolute atomic E-state index is 3.52. The van der Waals surface area contributed by atoms with Gasteiger partial charge in [-0.3, -0.25) is 4.90 Å². The lowest BCUT2D eigenvalue weighted by Crippen LogP contribution is -2.59. The Morgan fingerprint density at radius 3 is 2.55 bits per heavy atom. The van der Waals surface area contributed by atoms with Gasteiger partial charge in [-0.15, -0.1) is 11.3 Å². The van der Waals surface area contributed by atoms with Gasteiger partial charge in [0.15, 0.2) is 0 Å². The Morgan fingerprint density at radius 2 is 2.00 bits per heavy atom. The van der Waals surface area contributed by atoms with Crippen molar-refractivity contribution in [3.05, 3.63) is 21.9 Å². The summed E-state index contributed by atoms with van der Waals surface area (Å²) in [5.41, 5.74) is 0. The summed E-state index contributed by atoms with van der Waals surface area (Å²) in [6.45, 7) is 4.66. The molecule has 0 saturated carbocycles. The molecule has 0 radical (unpaired) electrons. The molecule has 0 aromatic carbocycles. The average molecular weight is 292 g/mol. The first-order valence-corrected chi connectivity index (χ1v) is 8.99. The number of thiophene rings is 1. The van der Waals surface area contributed by atoms with Crippen molar-refractivity contribution in [2.75, 3.05) is 7.05 Å². The molecule has 1 aromatic heterocycles. The first-order chi connectivity index (χ1) is 9.67. The maximum atomic E-state index is 3.52. The van der Waals surface area contributed by atoms with Gasteiger partial charge in [0.1, 0.15) is 0 Å². The third-order valence-electron chi connectivity index (χ3n) is 5.24. The monoisotopic (exact) mass is 292 g/mol. The zero-order valence-corrected chi connectivity index (χ0v) is 13.9. The van der Waals surface area contributed by atoms with Crippen LogP contribution in [0.1, 0.15) is 48.8 Å². The molecule has 2 fully saturated rings. The van der Waals surface area contributed by atoms with Gasteiger partial charge in [-0.1, -0.05) is 6.42 Å². The van der Waals surface area contributed by atoms with Crippen LogP contribution in [0.25, 0.3) is 0 Å². The summed E-state index contributed by atoms with van der Waals surface area (Å²) in [5.74, 6) is 0. The van der Waals surface area contributed by atoms with E-state index in [1.54, 1.807) is 4.88 Å². The molecule has 2 nitrogen and oxygen atoms in total. The minimum atomic E-state index is 0.696. The van der Waals surface area contributed by atoms with E-state index in [1.807, 2.05) is 11.3 Å². The van der Waals surface area contributed by atoms with Crippen molar-refractivity contribution < 1.29 is 0 Å². The lowest BCUT2D eigenvalue weighted by atomic mass is 9.80. The second-order valence-electron chi connectivity index (χ2n) is 6.71. The van der Waals surface area contributed by atoms with Crippen LogP contribution in [0.5, 0.6) is 0 Å². The molecule has 20 heavy (non-hydrogen) atoms. The van der Waals surface area contributed by atoms with Crippen molar-refractivity contribution in [1.29, 1.82) is 0 Å². The summed E-state index contributed by atoms with van der Waals surface area (Å²) in [6.07, 6.45) is 8.18. The summed E-state index contributed by atoms with van der Waals surface area (Å²) in [6, 6.07) is 7.67. The Hall–Kier alpha value is -0.380. The Labute approximate surface area is 127 Å². The van der Waals surface area contributed by atoms with E-state index in [0.29, 0.717) is 6.04 Å². The molecule has 1 aromatic rings. The summed E-state index contributed by atoms with van der Waals surface area (Å²) >= 11 is 1.97. The Kier molecular flexibility index (Phi) is 4.49. The molecule has 0 amide bonds. The number of hydrogen-bond donors (Lipinski definition) is 1. The first kappa shape index (κ1) is 14.6. The quantitative estimate of drug-likeness (QED) is 0.912. The molecule has 3 atom stereocenters. The van der Waals surface area contributed by atoms with E-state index in [2.05, 4.69) is 43.2 Å². The summed E-state index contributed by atoms with van der Waals surface area (Å²) < 4.78 is 0. The van der Waals surface area contributed by atoms with E-state index >= 15 is 0 Å². The van der Waals surface area contributed by atoms with Gasteiger partial charge >= 0.3 is 0 Å². The average Bonchev–Trinajstić information content (AvgIpc) is 2.82. The van der Waals surface area contributed by atoms with Crippen molar-refractivity contribution in [2.45, 2.75) is 76.5 Å². The predicted molar refractivity (Wildman–Crippen MR) is 87.6 cm³/mol. The number of aryl methyl sites for hydroxylation is 1. The van der Waals surface area contributed by atoms with Gasteiger partial charge in [-0.05, 0) is 65.1 Å². The molecule has 0 spiro atoms. The number of rotatable bonds is 4. The third kappa shape index (κ3) is 2.95. The van der Waals surface area contributed by atoms with Crippen LogP contribution >= 0.6 is 11.3 Å². The second kappa shape index (κ2) is 6.17. The fourth-order valence-electron chi connectivity index (χ4n) is 4.36. The molecular weight excluding hydrogens is 264 g/mol. The van der Waals surface area contributed by atoms with Gasteiger partial charge in [-0.25, -0.2) is 0 Å². The zero-order chi connectivity index (χ0) is 14.1. The molecular formula is C17H28N2S. The van der Waals surface area contributed by atoms with Gasteiger partial charge < -0.3 is 5.32 Å². The van der Waals surface area contributed by atoms with Crippen molar-refractivity contribution in [3.63, 3.8) is 0 Å². The Morgan fingerprint density at radius 1 is 1.30 bits per heavy atom. The summed E-state index contributed by atoms with van der Waals surface area (Å²) in [4.78, 5) is 5.87. The third-order valence-corrected chi connectivity index (χ3v) is 6.26. The van der Waals surface area contributed by atoms with Gasteiger partial charge in [0.05, 0.1) is 0 Å². The molecule has 2 bridgehead atoms. The minimum absolute atomic E-state index is 0.696. The van der Waals surface area contributed by atoms with Crippen molar-refractivity contribution in [3.8, 4) is 0 Å². The highest BCUT2D eigenvalue weighted by molar-refractivity contribution is 7.11. The van der Waals surface area contributed by atoms with Crippen LogP contribution in [-0.2, 0) is 6.42 Å². The topological polar surface area (TPSA) is 15.3 Å². The Bertz CT molecular complexity index is 428. The van der Waals surface area contributed by atoms with Crippen molar-refractivity contribution >= 4 is 11.3 Å². The molecule has 2 aliphatic heterocycles. The van der Waals surface area contributed by atoms with E-state index in [0.717, 1.165) is 18.1 Å². The largest absolute Gasteiger partial charge is 0.317 e. The molecule has 3 heterocycles. The lowest BCUT2D eigenvalue weighted by molar-refractivity contribution is -0.00382. The van der Waals surface area contributed by atoms with Crippen LogP contribution in [-0.4, -0.2) is 36.1 Å². The number of fused-ring (bicyclic) bond motifs is 2. The highest BCUT2D eigenvalue weighted by Crippen LogP contribution is 2.36. The summed E-state index contributed by atoms with van der Waals surface area (Å²) in [5, 5.41) is 3.52. The number of piperidine rings is 2. The van der Waals surface area contributed by atoms with Crippen LogP contribution in [0, 0.1) is 6.92 Å². The second-order valence-corrected chi connectivity index (χ2v) is 8.08. The number of hydrogen-bond acceptors (Lipinski definition) is 3. The van der Waals surface area contributed by atoms with E-state index < -0.39 is 0 Å². The first-order valence-electron chi connectivity index (χ1n) is 8.17. The maximum Gasteiger partial charge on any atom is 0.0121 e. The molecule has 3 rings (SSSR count). The van der Waals surface area contributed by atoms with Crippen LogP contribution in [0.3, 0.4) is 0 Å². The van der Waals surface area contributed by atoms with E-state index in [9.17, 15) is 0 Å². The fourth-order valence-corrected chi connectivity index (χ4v) is 5.37. The highest BCUT2D eigenvalue weighted by Gasteiger charge is 2.39. The molecule has 0 aliphatic carbocycles. The normalized spacial score (nSPS) is 32.2. The van der Waals surface area contributed by atoms with Gasteiger partial charge in [0.2, 0.25) is 0 Å². The van der Waals surface area contributed by atoms with Crippen LogP contribution in [0.4, 0.5) is 0 Å². The molecule has 3 heteroatoms. The van der Waals surface area contributed by atoms with E-state index in [-0.39, 0.29) is 0 Å². The zero-order valence-electron chi connectivity index (χ0n) is 13.1. The Balaban J connectivity index is 1.69. The van der Waals surface area contributed by atoms with Crippen LogP contribution < -0.4 is 5.32 Å². The lowest BCUT2D eigenvalue weighted by Gasteiger charge is -2.51. The van der Waals surface area contributed by atoms with Gasteiger partial charge in [0, 0.05) is 33.9 Å². The smallest absolute Gasteiger partial charge is 0.0121 e. The van der Waals surface area contributed by atoms with E-state index in [4.69, 9.17) is 0 Å². The molecule has 112 valence electrons. The molecule has 1 N–H and O–H groups in total. The molecule has 2 saturated heterocycles. The number of nitrogens with one attached hydrogen (secondary N) is 1. The van der Waals surface area contributed by atoms with Crippen LogP contribution in [0.2, 0.25) is 0 Å². The van der Waals surface area contributed by atoms with Gasteiger partial charge in [0.25, 0.3) is 0 Å². The van der Waals surface area contributed by atoms with Crippen LogP contribution in [0.15, 0.2) is 12.1 Å². The fraction of sp³-hybridized carbons (Fsp3) is 0.765. The highest BCUT2D eigenvalue weighted by atomic mass is 32.1. The number of nitrogens with zero attached hydrogens (tertiary/aromatic N) is 1. The molecule has 3 unspecified atom stereocenters. The SMILES string of the molecule is CNC1CC2CCCC(C1)N2C(C)Cc1ccc(C)s1. The predicted octanol–water partition coefficient (Wildman–Crippen LogP) is 3.59. The minimum Gasteiger partial charge on any atom is -0.317 e. The molecule has 2 aliphatic rings. The van der Waals surface area contributed by atoms with Gasteiger partial charge in [-0.2, -0.15) is 0 Å².